The number of amides is 1. The Labute approximate surface area is 94.6 Å². The Bertz CT molecular complexity index is 373. The maximum absolute atomic E-state index is 11.8. The highest BCUT2D eigenvalue weighted by Gasteiger charge is 2.18. The normalized spacial score (nSPS) is 12.6. The molecule has 1 aromatic rings. The molecular formula is C10H16ClN3O. The lowest BCUT2D eigenvalue weighted by Crippen LogP contribution is -2.34. The summed E-state index contributed by atoms with van der Waals surface area (Å²) in [5.41, 5.74) is 2.26. The molecule has 0 aliphatic carbocycles. The van der Waals surface area contributed by atoms with Crippen molar-refractivity contribution in [2.24, 2.45) is 7.05 Å². The van der Waals surface area contributed by atoms with E-state index in [9.17, 15) is 4.79 Å². The molecule has 15 heavy (non-hydrogen) atoms. The molecule has 0 aliphatic heterocycles. The van der Waals surface area contributed by atoms with Crippen LogP contribution in [0.4, 0.5) is 0 Å². The van der Waals surface area contributed by atoms with Gasteiger partial charge in [0.2, 0.25) is 0 Å². The summed E-state index contributed by atoms with van der Waals surface area (Å²) >= 11 is 5.63. The second kappa shape index (κ2) is 4.66. The van der Waals surface area contributed by atoms with Gasteiger partial charge in [0.05, 0.1) is 11.3 Å². The van der Waals surface area contributed by atoms with Gasteiger partial charge < -0.3 is 5.32 Å². The largest absolute Gasteiger partial charge is 0.348 e. The van der Waals surface area contributed by atoms with Crippen LogP contribution in [0.25, 0.3) is 0 Å². The van der Waals surface area contributed by atoms with Crippen molar-refractivity contribution in [2.75, 3.05) is 5.88 Å². The molecule has 5 heteroatoms. The number of aryl methyl sites for hydroxylation is 2. The highest BCUT2D eigenvalue weighted by molar-refractivity contribution is 6.18. The van der Waals surface area contributed by atoms with Crippen molar-refractivity contribution in [1.82, 2.24) is 15.1 Å². The van der Waals surface area contributed by atoms with Crippen LogP contribution in [0, 0.1) is 13.8 Å². The Hall–Kier alpha value is -1.03. The van der Waals surface area contributed by atoms with Gasteiger partial charge in [-0.15, -0.1) is 11.6 Å². The van der Waals surface area contributed by atoms with Gasteiger partial charge in [-0.3, -0.25) is 9.48 Å². The Balaban J connectivity index is 2.91. The van der Waals surface area contributed by atoms with Gasteiger partial charge in [0.25, 0.3) is 5.91 Å². The molecule has 0 radical (unpaired) electrons. The summed E-state index contributed by atoms with van der Waals surface area (Å²) in [6, 6.07) is -0.0295. The SMILES string of the molecule is Cc1nn(C)c(C)c1C(=O)NC(C)CCl. The molecule has 0 bridgehead atoms. The first-order chi connectivity index (χ1) is 6.97. The van der Waals surface area contributed by atoms with Crippen LogP contribution in [0.5, 0.6) is 0 Å². The third-order valence-electron chi connectivity index (χ3n) is 2.35. The maximum Gasteiger partial charge on any atom is 0.255 e. The molecular weight excluding hydrogens is 214 g/mol. The quantitative estimate of drug-likeness (QED) is 0.797. The fourth-order valence-corrected chi connectivity index (χ4v) is 1.51. The fourth-order valence-electron chi connectivity index (χ4n) is 1.44. The van der Waals surface area contributed by atoms with E-state index in [4.69, 9.17) is 11.6 Å². The molecule has 4 nitrogen and oxygen atoms in total. The number of rotatable bonds is 3. The number of alkyl halides is 1. The summed E-state index contributed by atoms with van der Waals surface area (Å²) in [4.78, 5) is 11.8. The number of hydrogen-bond acceptors (Lipinski definition) is 2. The molecule has 0 aromatic carbocycles. The molecule has 1 heterocycles. The number of carbonyl (C=O) groups excluding carboxylic acids is 1. The molecule has 1 amide bonds. The van der Waals surface area contributed by atoms with Crippen molar-refractivity contribution < 1.29 is 4.79 Å². The standard InChI is InChI=1S/C10H16ClN3O/c1-6(5-11)12-10(15)9-7(2)13-14(4)8(9)3/h6H,5H2,1-4H3,(H,12,15). The molecule has 0 fully saturated rings. The van der Waals surface area contributed by atoms with E-state index in [1.165, 1.54) is 0 Å². The summed E-state index contributed by atoms with van der Waals surface area (Å²) in [7, 11) is 1.82. The summed E-state index contributed by atoms with van der Waals surface area (Å²) < 4.78 is 1.70. The highest BCUT2D eigenvalue weighted by atomic mass is 35.5. The van der Waals surface area contributed by atoms with E-state index in [-0.39, 0.29) is 11.9 Å². The van der Waals surface area contributed by atoms with Crippen molar-refractivity contribution in [3.05, 3.63) is 17.0 Å². The van der Waals surface area contributed by atoms with Crippen LogP contribution in [0.1, 0.15) is 28.7 Å². The van der Waals surface area contributed by atoms with Gasteiger partial charge in [-0.2, -0.15) is 5.10 Å². The highest BCUT2D eigenvalue weighted by Crippen LogP contribution is 2.11. The minimum Gasteiger partial charge on any atom is -0.348 e. The van der Waals surface area contributed by atoms with Gasteiger partial charge in [0.15, 0.2) is 0 Å². The summed E-state index contributed by atoms with van der Waals surface area (Å²) in [6.07, 6.45) is 0. The van der Waals surface area contributed by atoms with Crippen LogP contribution >= 0.6 is 11.6 Å². The zero-order valence-electron chi connectivity index (χ0n) is 9.47. The van der Waals surface area contributed by atoms with Crippen molar-refractivity contribution in [3.63, 3.8) is 0 Å². The third kappa shape index (κ3) is 2.50. The zero-order valence-corrected chi connectivity index (χ0v) is 10.2. The van der Waals surface area contributed by atoms with E-state index < -0.39 is 0 Å². The van der Waals surface area contributed by atoms with Crippen LogP contribution in [-0.4, -0.2) is 27.6 Å². The first kappa shape index (κ1) is 12.0. The molecule has 84 valence electrons. The van der Waals surface area contributed by atoms with E-state index in [1.54, 1.807) is 4.68 Å². The second-order valence-electron chi connectivity index (χ2n) is 3.70. The van der Waals surface area contributed by atoms with Gasteiger partial charge in [-0.25, -0.2) is 0 Å². The van der Waals surface area contributed by atoms with E-state index in [0.29, 0.717) is 11.4 Å². The average molecular weight is 230 g/mol. The molecule has 1 atom stereocenters. The topological polar surface area (TPSA) is 46.9 Å². The van der Waals surface area contributed by atoms with Gasteiger partial charge in [0.1, 0.15) is 0 Å². The van der Waals surface area contributed by atoms with Crippen molar-refractivity contribution in [3.8, 4) is 0 Å². The molecule has 0 spiro atoms. The van der Waals surface area contributed by atoms with Crippen molar-refractivity contribution in [2.45, 2.75) is 26.8 Å². The van der Waals surface area contributed by atoms with Gasteiger partial charge >= 0.3 is 0 Å². The third-order valence-corrected chi connectivity index (χ3v) is 2.81. The summed E-state index contributed by atoms with van der Waals surface area (Å²) in [5, 5.41) is 7.00. The molecule has 1 aromatic heterocycles. The van der Waals surface area contributed by atoms with Crippen molar-refractivity contribution >= 4 is 17.5 Å². The maximum atomic E-state index is 11.8. The fraction of sp³-hybridized carbons (Fsp3) is 0.600. The number of nitrogens with zero attached hydrogens (tertiary/aromatic N) is 2. The van der Waals surface area contributed by atoms with Crippen LogP contribution in [-0.2, 0) is 7.05 Å². The smallest absolute Gasteiger partial charge is 0.255 e. The predicted octanol–water partition coefficient (Wildman–Crippen LogP) is 1.39. The van der Waals surface area contributed by atoms with Gasteiger partial charge in [-0.1, -0.05) is 0 Å². The molecule has 0 saturated carbocycles. The summed E-state index contributed by atoms with van der Waals surface area (Å²) in [6.45, 7) is 5.57. The lowest BCUT2D eigenvalue weighted by Gasteiger charge is -2.10. The molecule has 1 N–H and O–H groups in total. The van der Waals surface area contributed by atoms with E-state index in [0.717, 1.165) is 11.4 Å². The van der Waals surface area contributed by atoms with Crippen LogP contribution in [0.15, 0.2) is 0 Å². The number of hydrogen-bond donors (Lipinski definition) is 1. The Kier molecular flexibility index (Phi) is 3.74. The Morgan fingerprint density at radius 1 is 1.60 bits per heavy atom. The van der Waals surface area contributed by atoms with Gasteiger partial charge in [-0.05, 0) is 20.8 Å². The van der Waals surface area contributed by atoms with Gasteiger partial charge in [0, 0.05) is 24.7 Å². The first-order valence-corrected chi connectivity index (χ1v) is 5.37. The van der Waals surface area contributed by atoms with Crippen LogP contribution in [0.2, 0.25) is 0 Å². The average Bonchev–Trinajstić information content (AvgIpc) is 2.41. The molecule has 0 saturated heterocycles. The number of nitrogens with one attached hydrogen (secondary N) is 1. The van der Waals surface area contributed by atoms with E-state index >= 15 is 0 Å². The molecule has 1 rings (SSSR count). The number of halogens is 1. The van der Waals surface area contributed by atoms with E-state index in [1.807, 2.05) is 27.8 Å². The Morgan fingerprint density at radius 3 is 2.60 bits per heavy atom. The monoisotopic (exact) mass is 229 g/mol. The summed E-state index contributed by atoms with van der Waals surface area (Å²) in [5.74, 6) is 0.302. The number of aromatic nitrogens is 2. The minimum absolute atomic E-state index is 0.0295. The lowest BCUT2D eigenvalue weighted by atomic mass is 10.2. The number of carbonyl (C=O) groups is 1. The van der Waals surface area contributed by atoms with E-state index in [2.05, 4.69) is 10.4 Å². The lowest BCUT2D eigenvalue weighted by molar-refractivity contribution is 0.0942. The van der Waals surface area contributed by atoms with Crippen LogP contribution < -0.4 is 5.32 Å². The molecule has 0 aliphatic rings. The Morgan fingerprint density at radius 2 is 2.20 bits per heavy atom. The second-order valence-corrected chi connectivity index (χ2v) is 4.01. The zero-order chi connectivity index (χ0) is 11.6. The van der Waals surface area contributed by atoms with Crippen LogP contribution in [0.3, 0.4) is 0 Å². The predicted molar refractivity (Wildman–Crippen MR) is 60.3 cm³/mol. The molecule has 1 unspecified atom stereocenters. The first-order valence-electron chi connectivity index (χ1n) is 4.84. The minimum atomic E-state index is -0.105. The van der Waals surface area contributed by atoms with Crippen molar-refractivity contribution in [1.29, 1.82) is 0 Å².